The number of anilines is 2. The Morgan fingerprint density at radius 3 is 2.18 bits per heavy atom. The van der Waals surface area contributed by atoms with Gasteiger partial charge in [-0.3, -0.25) is 0 Å². The Bertz CT molecular complexity index is 685. The van der Waals surface area contributed by atoms with E-state index in [9.17, 15) is 9.59 Å². The third-order valence-electron chi connectivity index (χ3n) is 2.87. The number of hydrogen-bond donors (Lipinski definition) is 2. The lowest BCUT2D eigenvalue weighted by Crippen LogP contribution is -2.19. The summed E-state index contributed by atoms with van der Waals surface area (Å²) in [4.78, 5) is 23.4. The molecule has 0 heterocycles. The van der Waals surface area contributed by atoms with E-state index in [2.05, 4.69) is 15.4 Å². The van der Waals surface area contributed by atoms with E-state index in [0.717, 1.165) is 0 Å². The Morgan fingerprint density at radius 2 is 1.55 bits per heavy atom. The molecule has 0 aliphatic heterocycles. The molecule has 22 heavy (non-hydrogen) atoms. The van der Waals surface area contributed by atoms with Crippen LogP contribution in [0, 0.1) is 0 Å². The van der Waals surface area contributed by atoms with Gasteiger partial charge in [-0.1, -0.05) is 12.1 Å². The third-order valence-corrected chi connectivity index (χ3v) is 2.87. The van der Waals surface area contributed by atoms with Crippen LogP contribution in [-0.2, 0) is 4.74 Å². The topological polar surface area (TPSA) is 76.7 Å². The monoisotopic (exact) mass is 300 g/mol. The van der Waals surface area contributed by atoms with Crippen LogP contribution in [0.2, 0.25) is 0 Å². The van der Waals surface area contributed by atoms with Gasteiger partial charge in [0.15, 0.2) is 0 Å². The number of carbonyl (C=O) groups is 2. The first-order valence-electron chi connectivity index (χ1n) is 6.53. The van der Waals surface area contributed by atoms with Gasteiger partial charge in [-0.2, -0.15) is 0 Å². The van der Waals surface area contributed by atoms with Crippen LogP contribution in [0.15, 0.2) is 48.5 Å². The van der Waals surface area contributed by atoms with Crippen LogP contribution in [-0.4, -0.2) is 26.2 Å². The van der Waals surface area contributed by atoms with Gasteiger partial charge in [0.2, 0.25) is 0 Å². The number of hydrogen-bond acceptors (Lipinski definition) is 4. The zero-order valence-corrected chi connectivity index (χ0v) is 12.3. The molecule has 2 aromatic carbocycles. The maximum Gasteiger partial charge on any atom is 0.337 e. The van der Waals surface area contributed by atoms with Crippen LogP contribution in [0.5, 0.6) is 5.75 Å². The number of carbonyl (C=O) groups excluding carboxylic acids is 2. The predicted octanol–water partition coefficient (Wildman–Crippen LogP) is 3.13. The number of rotatable bonds is 4. The molecular formula is C16H16N2O4. The van der Waals surface area contributed by atoms with Crippen molar-refractivity contribution >= 4 is 23.4 Å². The average molecular weight is 300 g/mol. The second kappa shape index (κ2) is 7.12. The first kappa shape index (κ1) is 15.4. The summed E-state index contributed by atoms with van der Waals surface area (Å²) in [5.41, 5.74) is 1.45. The number of ether oxygens (including phenoxy) is 2. The van der Waals surface area contributed by atoms with Crippen molar-refractivity contribution in [3.8, 4) is 5.75 Å². The molecule has 0 bridgehead atoms. The predicted molar refractivity (Wildman–Crippen MR) is 83.4 cm³/mol. The number of methoxy groups -OCH3 is 2. The highest BCUT2D eigenvalue weighted by Gasteiger charge is 2.08. The normalized spacial score (nSPS) is 9.73. The molecule has 114 valence electrons. The summed E-state index contributed by atoms with van der Waals surface area (Å²) >= 11 is 0. The highest BCUT2D eigenvalue weighted by atomic mass is 16.5. The fourth-order valence-corrected chi connectivity index (χ4v) is 1.84. The average Bonchev–Trinajstić information content (AvgIpc) is 2.54. The fourth-order valence-electron chi connectivity index (χ4n) is 1.84. The Morgan fingerprint density at radius 1 is 0.909 bits per heavy atom. The Kier molecular flexibility index (Phi) is 4.98. The third kappa shape index (κ3) is 3.99. The molecule has 0 saturated heterocycles. The van der Waals surface area contributed by atoms with Crippen molar-refractivity contribution in [2.45, 2.75) is 0 Å². The van der Waals surface area contributed by atoms with Crippen LogP contribution < -0.4 is 15.4 Å². The smallest absolute Gasteiger partial charge is 0.337 e. The first-order chi connectivity index (χ1) is 10.6. The van der Waals surface area contributed by atoms with Crippen LogP contribution in [0.25, 0.3) is 0 Å². The number of esters is 1. The van der Waals surface area contributed by atoms with E-state index in [1.807, 2.05) is 0 Å². The second-order valence-electron chi connectivity index (χ2n) is 4.38. The summed E-state index contributed by atoms with van der Waals surface area (Å²) in [6.45, 7) is 0. The summed E-state index contributed by atoms with van der Waals surface area (Å²) < 4.78 is 9.72. The molecule has 6 heteroatoms. The van der Waals surface area contributed by atoms with E-state index >= 15 is 0 Å². The van der Waals surface area contributed by atoms with E-state index in [-0.39, 0.29) is 0 Å². The van der Waals surface area contributed by atoms with Gasteiger partial charge in [-0.25, -0.2) is 9.59 Å². The van der Waals surface area contributed by atoms with Gasteiger partial charge in [0, 0.05) is 17.4 Å². The molecule has 0 aliphatic carbocycles. The molecule has 6 nitrogen and oxygen atoms in total. The number of urea groups is 1. The molecule has 0 radical (unpaired) electrons. The molecule has 0 spiro atoms. The van der Waals surface area contributed by atoms with Crippen LogP contribution in [0.1, 0.15) is 10.4 Å². The molecule has 2 aromatic rings. The van der Waals surface area contributed by atoms with Crippen molar-refractivity contribution < 1.29 is 19.1 Å². The van der Waals surface area contributed by atoms with Gasteiger partial charge in [0.1, 0.15) is 5.75 Å². The minimum atomic E-state index is -0.461. The van der Waals surface area contributed by atoms with Gasteiger partial charge >= 0.3 is 12.0 Å². The number of benzene rings is 2. The lowest BCUT2D eigenvalue weighted by Gasteiger charge is -2.09. The molecule has 0 atom stereocenters. The lowest BCUT2D eigenvalue weighted by molar-refractivity contribution is 0.0600. The van der Waals surface area contributed by atoms with Gasteiger partial charge < -0.3 is 20.1 Å². The number of nitrogens with one attached hydrogen (secondary N) is 2. The van der Waals surface area contributed by atoms with E-state index in [1.54, 1.807) is 49.6 Å². The van der Waals surface area contributed by atoms with Crippen LogP contribution in [0.3, 0.4) is 0 Å². The molecule has 2 N–H and O–H groups in total. The Labute approximate surface area is 128 Å². The Hall–Kier alpha value is -3.02. The van der Waals surface area contributed by atoms with Gasteiger partial charge in [-0.15, -0.1) is 0 Å². The molecule has 0 aromatic heterocycles. The van der Waals surface area contributed by atoms with Crippen molar-refractivity contribution in [3.63, 3.8) is 0 Å². The standard InChI is InChI=1S/C16H16N2O4/c1-21-14-8-4-7-13(10-14)18-16(20)17-12-6-3-5-11(9-12)15(19)22-2/h3-10H,1-2H3,(H2,17,18,20). The highest BCUT2D eigenvalue weighted by molar-refractivity contribution is 6.00. The summed E-state index contributed by atoms with van der Waals surface area (Å²) in [5.74, 6) is 0.183. The van der Waals surface area contributed by atoms with E-state index in [4.69, 9.17) is 4.74 Å². The van der Waals surface area contributed by atoms with E-state index < -0.39 is 12.0 Å². The second-order valence-corrected chi connectivity index (χ2v) is 4.38. The quantitative estimate of drug-likeness (QED) is 0.850. The van der Waals surface area contributed by atoms with Crippen molar-refractivity contribution in [3.05, 3.63) is 54.1 Å². The number of amides is 2. The molecular weight excluding hydrogens is 284 g/mol. The molecule has 0 unspecified atom stereocenters. The first-order valence-corrected chi connectivity index (χ1v) is 6.53. The zero-order valence-electron chi connectivity index (χ0n) is 12.3. The fraction of sp³-hybridized carbons (Fsp3) is 0.125. The molecule has 2 rings (SSSR count). The van der Waals surface area contributed by atoms with Crippen LogP contribution >= 0.6 is 0 Å². The summed E-state index contributed by atoms with van der Waals surface area (Å²) in [7, 11) is 2.86. The zero-order chi connectivity index (χ0) is 15.9. The Balaban J connectivity index is 2.04. The molecule has 0 fully saturated rings. The van der Waals surface area contributed by atoms with Crippen molar-refractivity contribution in [2.75, 3.05) is 24.9 Å². The maximum atomic E-state index is 12.0. The van der Waals surface area contributed by atoms with Crippen molar-refractivity contribution in [1.29, 1.82) is 0 Å². The van der Waals surface area contributed by atoms with Gasteiger partial charge in [0.05, 0.1) is 19.8 Å². The SMILES string of the molecule is COC(=O)c1cccc(NC(=O)Nc2cccc(OC)c2)c1. The van der Waals surface area contributed by atoms with Gasteiger partial charge in [-0.05, 0) is 30.3 Å². The minimum absolute atomic E-state index is 0.363. The minimum Gasteiger partial charge on any atom is -0.497 e. The molecule has 0 aliphatic rings. The molecule has 0 saturated carbocycles. The highest BCUT2D eigenvalue weighted by Crippen LogP contribution is 2.17. The largest absolute Gasteiger partial charge is 0.497 e. The lowest BCUT2D eigenvalue weighted by atomic mass is 10.2. The summed E-state index contributed by atoms with van der Waals surface area (Å²) in [5, 5.41) is 5.33. The van der Waals surface area contributed by atoms with E-state index in [1.165, 1.54) is 13.2 Å². The van der Waals surface area contributed by atoms with Crippen molar-refractivity contribution in [2.24, 2.45) is 0 Å². The van der Waals surface area contributed by atoms with Crippen molar-refractivity contribution in [1.82, 2.24) is 0 Å². The van der Waals surface area contributed by atoms with E-state index in [0.29, 0.717) is 22.7 Å². The summed E-state index contributed by atoms with van der Waals surface area (Å²) in [6, 6.07) is 13.1. The van der Waals surface area contributed by atoms with Gasteiger partial charge in [0.25, 0.3) is 0 Å². The maximum absolute atomic E-state index is 12.0. The summed E-state index contributed by atoms with van der Waals surface area (Å²) in [6.07, 6.45) is 0. The van der Waals surface area contributed by atoms with Crippen LogP contribution in [0.4, 0.5) is 16.2 Å². The molecule has 2 amide bonds.